The highest BCUT2D eigenvalue weighted by molar-refractivity contribution is 6.46. The van der Waals surface area contributed by atoms with Crippen LogP contribution < -0.4 is 26.8 Å². The molecule has 0 bridgehead atoms. The second-order valence-corrected chi connectivity index (χ2v) is 6.36. The molecule has 1 aromatic carbocycles. The molecule has 1 unspecified atom stereocenters. The first kappa shape index (κ1) is 17.4. The standard InChI is InChI=1S/C17H23N5O3/c1-10-2-3-12(25-11-4-6-20-7-5-11)8-13(10)17(16(19)24)14(15(18)23)21-9-22-17/h2-3,8,11,20,22H,4-7,9H2,1H3,(H2,18,23)(H2,19,24). The van der Waals surface area contributed by atoms with Crippen molar-refractivity contribution in [2.24, 2.45) is 16.5 Å². The van der Waals surface area contributed by atoms with Crippen LogP contribution in [0.3, 0.4) is 0 Å². The molecule has 1 atom stereocenters. The molecule has 0 radical (unpaired) electrons. The van der Waals surface area contributed by atoms with Gasteiger partial charge in [-0.1, -0.05) is 6.07 Å². The molecule has 134 valence electrons. The Kier molecular flexibility index (Phi) is 4.73. The van der Waals surface area contributed by atoms with Crippen molar-refractivity contribution < 1.29 is 14.3 Å². The smallest absolute Gasteiger partial charge is 0.265 e. The Morgan fingerprint density at radius 1 is 1.28 bits per heavy atom. The maximum atomic E-state index is 12.3. The van der Waals surface area contributed by atoms with Gasteiger partial charge >= 0.3 is 0 Å². The highest BCUT2D eigenvalue weighted by atomic mass is 16.5. The number of carbonyl (C=O) groups is 2. The van der Waals surface area contributed by atoms with E-state index in [-0.39, 0.29) is 18.5 Å². The lowest BCUT2D eigenvalue weighted by atomic mass is 9.82. The molecule has 3 rings (SSSR count). The maximum Gasteiger partial charge on any atom is 0.265 e. The van der Waals surface area contributed by atoms with Gasteiger partial charge in [-0.2, -0.15) is 0 Å². The summed E-state index contributed by atoms with van der Waals surface area (Å²) in [5.74, 6) is -0.858. The minimum absolute atomic E-state index is 0.0675. The Morgan fingerprint density at radius 2 is 2.00 bits per heavy atom. The normalized spacial score (nSPS) is 24.0. The van der Waals surface area contributed by atoms with Crippen molar-refractivity contribution in [2.75, 3.05) is 19.8 Å². The van der Waals surface area contributed by atoms with Gasteiger partial charge in [0.05, 0.1) is 6.67 Å². The molecule has 2 heterocycles. The van der Waals surface area contributed by atoms with Crippen LogP contribution >= 0.6 is 0 Å². The number of nitrogens with one attached hydrogen (secondary N) is 2. The average Bonchev–Trinajstić information content (AvgIpc) is 3.04. The summed E-state index contributed by atoms with van der Waals surface area (Å²) in [5.41, 5.74) is 10.8. The Morgan fingerprint density at radius 3 is 2.64 bits per heavy atom. The van der Waals surface area contributed by atoms with Gasteiger partial charge in [-0.15, -0.1) is 0 Å². The molecule has 1 fully saturated rings. The summed E-state index contributed by atoms with van der Waals surface area (Å²) >= 11 is 0. The van der Waals surface area contributed by atoms with Crippen molar-refractivity contribution in [3.63, 3.8) is 0 Å². The van der Waals surface area contributed by atoms with E-state index in [1.165, 1.54) is 0 Å². The van der Waals surface area contributed by atoms with Crippen LogP contribution in [0.4, 0.5) is 0 Å². The van der Waals surface area contributed by atoms with Gasteiger partial charge in [0.1, 0.15) is 17.6 Å². The summed E-state index contributed by atoms with van der Waals surface area (Å²) < 4.78 is 6.06. The zero-order valence-electron chi connectivity index (χ0n) is 14.2. The first-order valence-electron chi connectivity index (χ1n) is 8.33. The summed E-state index contributed by atoms with van der Waals surface area (Å²) in [5, 5.41) is 6.23. The van der Waals surface area contributed by atoms with Crippen LogP contribution in [0.15, 0.2) is 23.2 Å². The number of primary amides is 2. The van der Waals surface area contributed by atoms with Gasteiger partial charge in [0.2, 0.25) is 5.91 Å². The number of nitrogens with two attached hydrogens (primary N) is 2. The Bertz CT molecular complexity index is 727. The van der Waals surface area contributed by atoms with Gasteiger partial charge in [0.25, 0.3) is 5.91 Å². The summed E-state index contributed by atoms with van der Waals surface area (Å²) in [6.07, 6.45) is 1.94. The van der Waals surface area contributed by atoms with Crippen LogP contribution in [0.2, 0.25) is 0 Å². The number of aryl methyl sites for hydroxylation is 1. The van der Waals surface area contributed by atoms with E-state index in [9.17, 15) is 9.59 Å². The van der Waals surface area contributed by atoms with E-state index in [4.69, 9.17) is 16.2 Å². The van der Waals surface area contributed by atoms with E-state index in [1.54, 1.807) is 6.07 Å². The second kappa shape index (κ2) is 6.81. The zero-order valence-corrected chi connectivity index (χ0v) is 14.2. The molecule has 2 aliphatic heterocycles. The Labute approximate surface area is 146 Å². The average molecular weight is 345 g/mol. The molecular weight excluding hydrogens is 322 g/mol. The number of benzene rings is 1. The number of piperidine rings is 1. The van der Waals surface area contributed by atoms with Gasteiger partial charge in [-0.05, 0) is 56.1 Å². The van der Waals surface area contributed by atoms with E-state index < -0.39 is 17.4 Å². The van der Waals surface area contributed by atoms with E-state index in [2.05, 4.69) is 15.6 Å². The van der Waals surface area contributed by atoms with Crippen molar-refractivity contribution in [3.05, 3.63) is 29.3 Å². The number of hydrogen-bond acceptors (Lipinski definition) is 6. The van der Waals surface area contributed by atoms with Crippen molar-refractivity contribution in [3.8, 4) is 5.75 Å². The molecule has 1 saturated heterocycles. The van der Waals surface area contributed by atoms with Crippen LogP contribution in [0, 0.1) is 6.92 Å². The van der Waals surface area contributed by atoms with Crippen molar-refractivity contribution in [2.45, 2.75) is 31.4 Å². The third kappa shape index (κ3) is 3.10. The fourth-order valence-corrected chi connectivity index (χ4v) is 3.45. The molecule has 6 N–H and O–H groups in total. The molecule has 0 spiro atoms. The second-order valence-electron chi connectivity index (χ2n) is 6.36. The lowest BCUT2D eigenvalue weighted by Gasteiger charge is -2.30. The lowest BCUT2D eigenvalue weighted by Crippen LogP contribution is -2.58. The highest BCUT2D eigenvalue weighted by Crippen LogP contribution is 2.32. The summed E-state index contributed by atoms with van der Waals surface area (Å²) in [7, 11) is 0. The van der Waals surface area contributed by atoms with Crippen LogP contribution in [0.5, 0.6) is 5.75 Å². The quantitative estimate of drug-likeness (QED) is 0.560. The number of ether oxygens (including phenoxy) is 1. The van der Waals surface area contributed by atoms with Gasteiger partial charge in [-0.25, -0.2) is 0 Å². The van der Waals surface area contributed by atoms with Crippen LogP contribution in [-0.2, 0) is 15.1 Å². The summed E-state index contributed by atoms with van der Waals surface area (Å²) in [4.78, 5) is 28.2. The fourth-order valence-electron chi connectivity index (χ4n) is 3.45. The molecule has 0 aliphatic carbocycles. The van der Waals surface area contributed by atoms with Gasteiger partial charge < -0.3 is 21.5 Å². The van der Waals surface area contributed by atoms with Gasteiger partial charge in [0, 0.05) is 0 Å². The third-order valence-corrected chi connectivity index (χ3v) is 4.74. The van der Waals surface area contributed by atoms with Crippen LogP contribution in [0.1, 0.15) is 24.0 Å². The number of amides is 2. The molecule has 8 heteroatoms. The Balaban J connectivity index is 1.99. The Hall–Kier alpha value is -2.45. The SMILES string of the molecule is Cc1ccc(OC2CCNCC2)cc1C1(C(N)=O)NCN=C1C(N)=O. The fraction of sp³-hybridized carbons (Fsp3) is 0.471. The van der Waals surface area contributed by atoms with E-state index in [1.807, 2.05) is 19.1 Å². The minimum Gasteiger partial charge on any atom is -0.490 e. The first-order valence-corrected chi connectivity index (χ1v) is 8.33. The van der Waals surface area contributed by atoms with Crippen molar-refractivity contribution in [1.29, 1.82) is 0 Å². The molecule has 0 saturated carbocycles. The van der Waals surface area contributed by atoms with Crippen LogP contribution in [0.25, 0.3) is 0 Å². The summed E-state index contributed by atoms with van der Waals surface area (Å²) in [6.45, 7) is 3.76. The highest BCUT2D eigenvalue weighted by Gasteiger charge is 2.49. The molecule has 1 aromatic rings. The summed E-state index contributed by atoms with van der Waals surface area (Å²) in [6, 6.07) is 5.44. The number of rotatable bonds is 5. The predicted octanol–water partition coefficient (Wildman–Crippen LogP) is -0.707. The molecule has 8 nitrogen and oxygen atoms in total. The number of hydrogen-bond donors (Lipinski definition) is 4. The predicted molar refractivity (Wildman–Crippen MR) is 93.2 cm³/mol. The lowest BCUT2D eigenvalue weighted by molar-refractivity contribution is -0.123. The topological polar surface area (TPSA) is 132 Å². The molecular formula is C17H23N5O3. The number of nitrogens with zero attached hydrogens (tertiary/aromatic N) is 1. The monoisotopic (exact) mass is 345 g/mol. The van der Waals surface area contributed by atoms with Gasteiger partial charge in [-0.3, -0.25) is 19.9 Å². The minimum atomic E-state index is -1.52. The molecule has 2 amide bonds. The first-order chi connectivity index (χ1) is 11.9. The van der Waals surface area contributed by atoms with E-state index >= 15 is 0 Å². The molecule has 0 aromatic heterocycles. The molecule has 2 aliphatic rings. The van der Waals surface area contributed by atoms with Crippen molar-refractivity contribution >= 4 is 17.5 Å². The van der Waals surface area contributed by atoms with Crippen molar-refractivity contribution in [1.82, 2.24) is 10.6 Å². The largest absolute Gasteiger partial charge is 0.490 e. The molecule has 25 heavy (non-hydrogen) atoms. The zero-order chi connectivity index (χ0) is 18.0. The van der Waals surface area contributed by atoms with E-state index in [0.29, 0.717) is 11.3 Å². The van der Waals surface area contributed by atoms with Gasteiger partial charge in [0.15, 0.2) is 5.54 Å². The number of carbonyl (C=O) groups excluding carboxylic acids is 2. The van der Waals surface area contributed by atoms with Crippen LogP contribution in [-0.4, -0.2) is 43.4 Å². The maximum absolute atomic E-state index is 12.3. The number of aliphatic imine (C=N–C) groups is 1. The van der Waals surface area contributed by atoms with E-state index in [0.717, 1.165) is 31.5 Å². The third-order valence-electron chi connectivity index (χ3n) is 4.74.